The van der Waals surface area contributed by atoms with E-state index in [-0.39, 0.29) is 42.2 Å². The largest absolute Gasteiger partial charge is 0.490 e. The Hall–Kier alpha value is -3.09. The van der Waals surface area contributed by atoms with Crippen molar-refractivity contribution in [3.8, 4) is 5.75 Å². The smallest absolute Gasteiger partial charge is 0.331 e. The molecule has 13 heteroatoms. The van der Waals surface area contributed by atoms with Crippen LogP contribution in [-0.4, -0.2) is 65.2 Å². The van der Waals surface area contributed by atoms with Gasteiger partial charge in [-0.3, -0.25) is 10.1 Å². The van der Waals surface area contributed by atoms with Crippen LogP contribution in [0.5, 0.6) is 5.75 Å². The molecule has 0 spiro atoms. The summed E-state index contributed by atoms with van der Waals surface area (Å²) in [5, 5.41) is 13.5. The van der Waals surface area contributed by atoms with Gasteiger partial charge in [0, 0.05) is 0 Å². The number of hydrogen-bond donors (Lipinski definition) is 1. The first-order chi connectivity index (χ1) is 15.2. The number of tetrazole rings is 1. The molecule has 3 amide bonds. The lowest BCUT2D eigenvalue weighted by molar-refractivity contribution is -0.117. The van der Waals surface area contributed by atoms with Gasteiger partial charge in [-0.2, -0.15) is 4.80 Å². The third-order valence-corrected chi connectivity index (χ3v) is 7.09. The molecule has 1 aromatic heterocycles. The Bertz CT molecular complexity index is 1130. The minimum Gasteiger partial charge on any atom is -0.490 e. The number of sulfone groups is 1. The predicted octanol–water partition coefficient (Wildman–Crippen LogP) is 0.876. The SMILES string of the molecule is C[C@@H](CS(=O)(=O)CCn1nnc(N2CC(=O)NC2=O)n1)c1ccc(F)c(OCC2CC2)c1. The Balaban J connectivity index is 1.33. The van der Waals surface area contributed by atoms with E-state index >= 15 is 0 Å². The summed E-state index contributed by atoms with van der Waals surface area (Å²) in [6.45, 7) is 1.94. The molecule has 32 heavy (non-hydrogen) atoms. The third-order valence-electron chi connectivity index (χ3n) is 5.28. The van der Waals surface area contributed by atoms with Gasteiger partial charge in [0.2, 0.25) is 5.91 Å². The van der Waals surface area contributed by atoms with Gasteiger partial charge in [0.05, 0.1) is 24.7 Å². The summed E-state index contributed by atoms with van der Waals surface area (Å²) in [5.41, 5.74) is 0.673. The first-order valence-corrected chi connectivity index (χ1v) is 12.0. The number of amides is 3. The van der Waals surface area contributed by atoms with Crippen molar-refractivity contribution >= 4 is 27.7 Å². The van der Waals surface area contributed by atoms with Crippen LogP contribution < -0.4 is 15.0 Å². The van der Waals surface area contributed by atoms with Crippen molar-refractivity contribution in [3.05, 3.63) is 29.6 Å². The van der Waals surface area contributed by atoms with E-state index in [0.29, 0.717) is 18.1 Å². The van der Waals surface area contributed by atoms with Crippen LogP contribution in [0.2, 0.25) is 0 Å². The molecule has 1 N–H and O–H groups in total. The molecule has 1 aromatic carbocycles. The zero-order valence-corrected chi connectivity index (χ0v) is 18.2. The van der Waals surface area contributed by atoms with Crippen LogP contribution in [-0.2, 0) is 21.2 Å². The quantitative estimate of drug-likeness (QED) is 0.510. The molecule has 1 saturated heterocycles. The minimum absolute atomic E-state index is 0.0649. The van der Waals surface area contributed by atoms with E-state index in [0.717, 1.165) is 22.5 Å². The van der Waals surface area contributed by atoms with E-state index in [4.69, 9.17) is 4.74 Å². The zero-order valence-electron chi connectivity index (χ0n) is 17.4. The summed E-state index contributed by atoms with van der Waals surface area (Å²) in [6, 6.07) is 3.76. The van der Waals surface area contributed by atoms with Crippen LogP contribution in [0.3, 0.4) is 0 Å². The first-order valence-electron chi connectivity index (χ1n) is 10.2. The number of nitrogens with one attached hydrogen (secondary N) is 1. The molecule has 2 aliphatic rings. The van der Waals surface area contributed by atoms with Crippen molar-refractivity contribution in [3.63, 3.8) is 0 Å². The highest BCUT2D eigenvalue weighted by atomic mass is 32.2. The summed E-state index contributed by atoms with van der Waals surface area (Å²) >= 11 is 0. The lowest BCUT2D eigenvalue weighted by atomic mass is 10.0. The Morgan fingerprint density at radius 3 is 2.78 bits per heavy atom. The van der Waals surface area contributed by atoms with Crippen molar-refractivity contribution in [2.45, 2.75) is 32.2 Å². The van der Waals surface area contributed by atoms with Gasteiger partial charge in [-0.15, -0.1) is 5.10 Å². The molecule has 0 unspecified atom stereocenters. The molecule has 1 atom stereocenters. The number of carbonyl (C=O) groups excluding carboxylic acids is 2. The van der Waals surface area contributed by atoms with E-state index in [1.807, 2.05) is 0 Å². The number of benzene rings is 1. The number of urea groups is 1. The first kappa shape index (κ1) is 22.1. The molecule has 0 radical (unpaired) electrons. The summed E-state index contributed by atoms with van der Waals surface area (Å²) in [6.07, 6.45) is 2.17. The van der Waals surface area contributed by atoms with E-state index in [1.54, 1.807) is 19.1 Å². The second-order valence-corrected chi connectivity index (χ2v) is 10.3. The van der Waals surface area contributed by atoms with Gasteiger partial charge in [0.15, 0.2) is 21.4 Å². The number of hydrogen-bond acceptors (Lipinski definition) is 8. The fourth-order valence-corrected chi connectivity index (χ4v) is 4.81. The van der Waals surface area contributed by atoms with Gasteiger partial charge in [0.1, 0.15) is 6.54 Å². The van der Waals surface area contributed by atoms with Crippen LogP contribution in [0.4, 0.5) is 15.1 Å². The second kappa shape index (κ2) is 8.81. The molecule has 172 valence electrons. The summed E-state index contributed by atoms with van der Waals surface area (Å²) < 4.78 is 44.8. The summed E-state index contributed by atoms with van der Waals surface area (Å²) in [5.74, 6) is -1.18. The average Bonchev–Trinajstić information content (AvgIpc) is 3.33. The number of nitrogens with zero attached hydrogens (tertiary/aromatic N) is 5. The zero-order chi connectivity index (χ0) is 22.9. The van der Waals surface area contributed by atoms with Crippen LogP contribution in [0.15, 0.2) is 18.2 Å². The molecule has 0 bridgehead atoms. The van der Waals surface area contributed by atoms with Crippen LogP contribution in [0.25, 0.3) is 0 Å². The highest BCUT2D eigenvalue weighted by Gasteiger charge is 2.31. The fraction of sp³-hybridized carbons (Fsp3) is 0.526. The minimum atomic E-state index is -3.51. The monoisotopic (exact) mass is 466 g/mol. The number of imide groups is 1. The molecule has 4 rings (SSSR count). The number of rotatable bonds is 10. The number of aromatic nitrogens is 4. The summed E-state index contributed by atoms with van der Waals surface area (Å²) in [7, 11) is -3.51. The van der Waals surface area contributed by atoms with Gasteiger partial charge in [0.25, 0.3) is 5.95 Å². The molecule has 1 saturated carbocycles. The maximum absolute atomic E-state index is 14.0. The lowest BCUT2D eigenvalue weighted by Gasteiger charge is -2.15. The molecule has 2 aromatic rings. The van der Waals surface area contributed by atoms with E-state index in [9.17, 15) is 22.4 Å². The van der Waals surface area contributed by atoms with Crippen LogP contribution in [0, 0.1) is 11.7 Å². The lowest BCUT2D eigenvalue weighted by Crippen LogP contribution is -2.29. The molecule has 2 fully saturated rings. The number of carbonyl (C=O) groups is 2. The van der Waals surface area contributed by atoms with E-state index < -0.39 is 27.6 Å². The number of anilines is 1. The normalized spacial score (nSPS) is 17.5. The molecular formula is C19H23FN6O5S. The number of aryl methyl sites for hydroxylation is 1. The number of halogens is 1. The third kappa shape index (κ3) is 5.39. The topological polar surface area (TPSA) is 136 Å². The van der Waals surface area contributed by atoms with Gasteiger partial charge in [-0.05, 0) is 47.6 Å². The highest BCUT2D eigenvalue weighted by molar-refractivity contribution is 7.91. The predicted molar refractivity (Wildman–Crippen MR) is 110 cm³/mol. The van der Waals surface area contributed by atoms with Crippen molar-refractivity contribution in [2.75, 3.05) is 29.6 Å². The standard InChI is InChI=1S/C19H23FN6O5S/c1-12(14-4-5-15(20)16(8-14)31-10-13-2-3-13)11-32(29,30)7-6-26-23-18(22-24-26)25-9-17(27)21-19(25)28/h4-5,8,12-13H,2-3,6-7,9-11H2,1H3,(H,21,27,28)/t12-/m0/s1. The van der Waals surface area contributed by atoms with Crippen LogP contribution in [0.1, 0.15) is 31.2 Å². The number of ether oxygens (including phenoxy) is 1. The molecule has 1 aliphatic carbocycles. The van der Waals surface area contributed by atoms with Gasteiger partial charge in [-0.25, -0.2) is 22.5 Å². The summed E-state index contributed by atoms with van der Waals surface area (Å²) in [4.78, 5) is 25.0. The van der Waals surface area contributed by atoms with Gasteiger partial charge < -0.3 is 4.74 Å². The Kier molecular flexibility index (Phi) is 6.09. The molecule has 11 nitrogen and oxygen atoms in total. The van der Waals surface area contributed by atoms with Crippen molar-refractivity contribution in [2.24, 2.45) is 5.92 Å². The van der Waals surface area contributed by atoms with Crippen molar-refractivity contribution < 1.29 is 27.1 Å². The Labute approximate surface area is 183 Å². The molecule has 1 aliphatic heterocycles. The van der Waals surface area contributed by atoms with Crippen molar-refractivity contribution in [1.82, 2.24) is 25.5 Å². The maximum atomic E-state index is 14.0. The average molecular weight is 466 g/mol. The van der Waals surface area contributed by atoms with E-state index in [2.05, 4.69) is 20.7 Å². The molecule has 2 heterocycles. The fourth-order valence-electron chi connectivity index (χ4n) is 3.25. The van der Waals surface area contributed by atoms with Gasteiger partial charge >= 0.3 is 6.03 Å². The highest BCUT2D eigenvalue weighted by Crippen LogP contribution is 2.31. The second-order valence-electron chi connectivity index (χ2n) is 8.08. The Morgan fingerprint density at radius 2 is 2.09 bits per heavy atom. The van der Waals surface area contributed by atoms with Crippen molar-refractivity contribution in [1.29, 1.82) is 0 Å². The van der Waals surface area contributed by atoms with E-state index in [1.165, 1.54) is 6.07 Å². The van der Waals surface area contributed by atoms with Gasteiger partial charge in [-0.1, -0.05) is 18.1 Å². The maximum Gasteiger partial charge on any atom is 0.331 e. The molecular weight excluding hydrogens is 443 g/mol. The Morgan fingerprint density at radius 1 is 1.31 bits per heavy atom. The van der Waals surface area contributed by atoms with Crippen LogP contribution >= 0.6 is 0 Å².